The number of hydrogen-bond donors (Lipinski definition) is 2. The van der Waals surface area contributed by atoms with Gasteiger partial charge < -0.3 is 16.0 Å². The Morgan fingerprint density at radius 2 is 1.73 bits per heavy atom. The third-order valence-corrected chi connectivity index (χ3v) is 4.29. The highest BCUT2D eigenvalue weighted by atomic mass is 19.1. The van der Waals surface area contributed by atoms with E-state index in [2.05, 4.69) is 42.4 Å². The molecule has 26 heavy (non-hydrogen) atoms. The molecule has 140 valence electrons. The molecule has 0 amide bonds. The van der Waals surface area contributed by atoms with Crippen molar-refractivity contribution < 1.29 is 4.39 Å². The van der Waals surface area contributed by atoms with Crippen LogP contribution in [0.2, 0.25) is 0 Å². The van der Waals surface area contributed by atoms with Gasteiger partial charge in [0.2, 0.25) is 0 Å². The molecular formula is C21H29FN4. The minimum Gasteiger partial charge on any atom is -0.370 e. The maximum atomic E-state index is 14.2. The van der Waals surface area contributed by atoms with Crippen molar-refractivity contribution in [2.75, 3.05) is 19.4 Å². The fourth-order valence-corrected chi connectivity index (χ4v) is 2.91. The zero-order chi connectivity index (χ0) is 19.1. The van der Waals surface area contributed by atoms with E-state index in [1.54, 1.807) is 0 Å². The van der Waals surface area contributed by atoms with Crippen LogP contribution in [0.3, 0.4) is 0 Å². The summed E-state index contributed by atoms with van der Waals surface area (Å²) in [5, 5.41) is 3.23. The highest BCUT2D eigenvalue weighted by Crippen LogP contribution is 2.22. The number of guanidine groups is 1. The van der Waals surface area contributed by atoms with Crippen molar-refractivity contribution in [3.8, 4) is 0 Å². The van der Waals surface area contributed by atoms with Crippen LogP contribution < -0.4 is 11.1 Å². The predicted octanol–water partition coefficient (Wildman–Crippen LogP) is 3.94. The van der Waals surface area contributed by atoms with Crippen molar-refractivity contribution in [1.82, 2.24) is 4.90 Å². The monoisotopic (exact) mass is 356 g/mol. The molecule has 0 bridgehead atoms. The Hall–Kier alpha value is -2.40. The van der Waals surface area contributed by atoms with E-state index in [1.165, 1.54) is 17.2 Å². The fraction of sp³-hybridized carbons (Fsp3) is 0.381. The molecule has 2 rings (SSSR count). The number of aliphatic imine (C=N–C) groups is 1. The lowest BCUT2D eigenvalue weighted by Gasteiger charge is -2.15. The topological polar surface area (TPSA) is 53.6 Å². The molecule has 4 nitrogen and oxygen atoms in total. The average molecular weight is 356 g/mol. The summed E-state index contributed by atoms with van der Waals surface area (Å²) in [6.45, 7) is 5.15. The zero-order valence-electron chi connectivity index (χ0n) is 16.1. The molecule has 2 aromatic rings. The quantitative estimate of drug-likeness (QED) is 0.584. The Balaban J connectivity index is 2.11. The van der Waals surface area contributed by atoms with Crippen LogP contribution in [-0.4, -0.2) is 25.0 Å². The molecule has 0 atom stereocenters. The van der Waals surface area contributed by atoms with Crippen molar-refractivity contribution in [3.63, 3.8) is 0 Å². The first-order chi connectivity index (χ1) is 12.4. The highest BCUT2D eigenvalue weighted by Gasteiger charge is 2.08. The second kappa shape index (κ2) is 9.34. The van der Waals surface area contributed by atoms with Crippen LogP contribution in [0, 0.1) is 5.82 Å². The predicted molar refractivity (Wildman–Crippen MR) is 108 cm³/mol. The summed E-state index contributed by atoms with van der Waals surface area (Å²) in [4.78, 5) is 6.32. The molecule has 3 N–H and O–H groups in total. The van der Waals surface area contributed by atoms with Gasteiger partial charge in [-0.05, 0) is 49.7 Å². The number of benzene rings is 2. The molecule has 0 saturated heterocycles. The maximum absolute atomic E-state index is 14.2. The van der Waals surface area contributed by atoms with Gasteiger partial charge in [0, 0.05) is 17.8 Å². The van der Waals surface area contributed by atoms with Crippen molar-refractivity contribution >= 4 is 11.6 Å². The third kappa shape index (κ3) is 5.30. The molecule has 0 spiro atoms. The van der Waals surface area contributed by atoms with Crippen LogP contribution in [-0.2, 0) is 25.9 Å². The summed E-state index contributed by atoms with van der Waals surface area (Å²) in [5.41, 5.74) is 11.0. The molecule has 0 aromatic heterocycles. The van der Waals surface area contributed by atoms with E-state index in [0.29, 0.717) is 24.6 Å². The molecule has 5 heteroatoms. The van der Waals surface area contributed by atoms with Crippen LogP contribution in [0.25, 0.3) is 0 Å². The second-order valence-corrected chi connectivity index (χ2v) is 6.65. The van der Waals surface area contributed by atoms with E-state index in [-0.39, 0.29) is 5.82 Å². The van der Waals surface area contributed by atoms with Crippen LogP contribution in [0.5, 0.6) is 0 Å². The van der Waals surface area contributed by atoms with Gasteiger partial charge in [-0.1, -0.05) is 44.2 Å². The number of nitrogens with one attached hydrogen (secondary N) is 1. The van der Waals surface area contributed by atoms with Crippen LogP contribution in [0.15, 0.2) is 41.4 Å². The first-order valence-electron chi connectivity index (χ1n) is 9.04. The van der Waals surface area contributed by atoms with Gasteiger partial charge in [-0.2, -0.15) is 0 Å². The number of nitrogens with two attached hydrogens (primary N) is 1. The van der Waals surface area contributed by atoms with E-state index in [0.717, 1.165) is 24.1 Å². The van der Waals surface area contributed by atoms with Crippen molar-refractivity contribution in [2.45, 2.75) is 39.8 Å². The maximum Gasteiger partial charge on any atom is 0.193 e. The fourth-order valence-electron chi connectivity index (χ4n) is 2.91. The number of aryl methyl sites for hydroxylation is 2. The molecule has 0 aliphatic heterocycles. The number of rotatable bonds is 7. The number of hydrogen-bond acceptors (Lipinski definition) is 2. The minimum atomic E-state index is -0.206. The Morgan fingerprint density at radius 3 is 2.27 bits per heavy atom. The summed E-state index contributed by atoms with van der Waals surface area (Å²) in [6, 6.07) is 11.5. The smallest absolute Gasteiger partial charge is 0.193 e. The van der Waals surface area contributed by atoms with Gasteiger partial charge in [0.25, 0.3) is 0 Å². The number of nitrogens with zero attached hydrogens (tertiary/aromatic N) is 2. The first kappa shape index (κ1) is 19.9. The number of anilines is 1. The highest BCUT2D eigenvalue weighted by molar-refractivity contribution is 5.93. The van der Waals surface area contributed by atoms with E-state index >= 15 is 0 Å². The van der Waals surface area contributed by atoms with Gasteiger partial charge >= 0.3 is 0 Å². The Bertz CT molecular complexity index is 746. The molecule has 0 unspecified atom stereocenters. The van der Waals surface area contributed by atoms with Gasteiger partial charge in [0.1, 0.15) is 5.82 Å². The Kier molecular flexibility index (Phi) is 7.16. The number of para-hydroxylation sites is 1. The van der Waals surface area contributed by atoms with Crippen molar-refractivity contribution in [3.05, 3.63) is 64.5 Å². The van der Waals surface area contributed by atoms with E-state index in [1.807, 2.05) is 31.1 Å². The summed E-state index contributed by atoms with van der Waals surface area (Å²) in [7, 11) is 3.84. The average Bonchev–Trinajstić information content (AvgIpc) is 2.61. The SMILES string of the molecule is CCc1cccc(CC)c1NC(N)=NCc1ccc(CN(C)C)c(F)c1. The molecule has 0 aliphatic rings. The van der Waals surface area contributed by atoms with E-state index < -0.39 is 0 Å². The molecule has 0 fully saturated rings. The minimum absolute atomic E-state index is 0.206. The first-order valence-corrected chi connectivity index (χ1v) is 9.04. The zero-order valence-corrected chi connectivity index (χ0v) is 16.1. The van der Waals surface area contributed by atoms with Gasteiger partial charge in [0.15, 0.2) is 5.96 Å². The summed E-state index contributed by atoms with van der Waals surface area (Å²) in [6.07, 6.45) is 1.84. The molecule has 0 radical (unpaired) electrons. The van der Waals surface area contributed by atoms with E-state index in [4.69, 9.17) is 5.73 Å². The Morgan fingerprint density at radius 1 is 1.08 bits per heavy atom. The molecule has 0 aliphatic carbocycles. The van der Waals surface area contributed by atoms with Crippen LogP contribution in [0.4, 0.5) is 10.1 Å². The lowest BCUT2D eigenvalue weighted by Crippen LogP contribution is -2.24. The summed E-state index contributed by atoms with van der Waals surface area (Å²) >= 11 is 0. The lowest BCUT2D eigenvalue weighted by atomic mass is 10.0. The molecule has 0 saturated carbocycles. The largest absolute Gasteiger partial charge is 0.370 e. The van der Waals surface area contributed by atoms with Crippen molar-refractivity contribution in [2.24, 2.45) is 10.7 Å². The normalized spacial score (nSPS) is 11.8. The van der Waals surface area contributed by atoms with Gasteiger partial charge in [-0.25, -0.2) is 9.38 Å². The van der Waals surface area contributed by atoms with Gasteiger partial charge in [0.05, 0.1) is 6.54 Å². The number of halogens is 1. The molecular weight excluding hydrogens is 327 g/mol. The second-order valence-electron chi connectivity index (χ2n) is 6.65. The lowest BCUT2D eigenvalue weighted by molar-refractivity contribution is 0.392. The van der Waals surface area contributed by atoms with Crippen LogP contribution in [0.1, 0.15) is 36.1 Å². The standard InChI is InChI=1S/C21H29FN4/c1-5-16-8-7-9-17(6-2)20(16)25-21(23)24-13-15-10-11-18(14-26(3)4)19(22)12-15/h7-12H,5-6,13-14H2,1-4H3,(H3,23,24,25). The Labute approximate surface area is 155 Å². The third-order valence-electron chi connectivity index (χ3n) is 4.29. The summed E-state index contributed by atoms with van der Waals surface area (Å²) in [5.74, 6) is 0.140. The van der Waals surface area contributed by atoms with Crippen LogP contribution >= 0.6 is 0 Å². The molecule has 0 heterocycles. The van der Waals surface area contributed by atoms with Crippen molar-refractivity contribution in [1.29, 1.82) is 0 Å². The van der Waals surface area contributed by atoms with E-state index in [9.17, 15) is 4.39 Å². The summed E-state index contributed by atoms with van der Waals surface area (Å²) < 4.78 is 14.2. The molecule has 2 aromatic carbocycles. The van der Waals surface area contributed by atoms with Gasteiger partial charge in [-0.15, -0.1) is 0 Å². The van der Waals surface area contributed by atoms with Gasteiger partial charge in [-0.3, -0.25) is 0 Å².